The molecule has 0 aliphatic rings. The lowest BCUT2D eigenvalue weighted by atomic mass is 10.3. The highest BCUT2D eigenvalue weighted by Gasteiger charge is 1.88. The first-order valence-corrected chi connectivity index (χ1v) is 2.81. The quantitative estimate of drug-likeness (QED) is 0.547. The molecule has 2 aromatic rings. The minimum Gasteiger partial charge on any atom is -0.253 e. The Morgan fingerprint density at radius 1 is 1.20 bits per heavy atom. The van der Waals surface area contributed by atoms with Crippen molar-refractivity contribution in [1.82, 2.24) is 9.97 Å². The molecule has 0 fully saturated rings. The van der Waals surface area contributed by atoms with Crippen molar-refractivity contribution in [3.63, 3.8) is 0 Å². The summed E-state index contributed by atoms with van der Waals surface area (Å²) >= 11 is 0. The van der Waals surface area contributed by atoms with Gasteiger partial charge < -0.3 is 0 Å². The van der Waals surface area contributed by atoms with Gasteiger partial charge in [-0.1, -0.05) is 12.1 Å². The molecule has 0 unspecified atom stereocenters. The molecule has 0 atom stereocenters. The van der Waals surface area contributed by atoms with Crippen LogP contribution in [0.3, 0.4) is 0 Å². The van der Waals surface area contributed by atoms with E-state index >= 15 is 0 Å². The minimum atomic E-state index is -0.267. The SMILES string of the molecule is [2H]c1ccc2nc([2H])c([2H])nc2c1[2H]. The monoisotopic (exact) mass is 134 g/mol. The normalized spacial score (nSPS) is 15.6. The molecule has 1 aromatic heterocycles. The van der Waals surface area contributed by atoms with E-state index in [-0.39, 0.29) is 29.9 Å². The molecule has 0 bridgehead atoms. The van der Waals surface area contributed by atoms with Crippen LogP contribution in [0.15, 0.2) is 36.6 Å². The Morgan fingerprint density at radius 2 is 2.00 bits per heavy atom. The Bertz CT molecular complexity index is 512. The molecule has 2 heteroatoms. The number of para-hydroxylation sites is 2. The van der Waals surface area contributed by atoms with E-state index in [9.17, 15) is 0 Å². The summed E-state index contributed by atoms with van der Waals surface area (Å²) in [4.78, 5) is 7.54. The van der Waals surface area contributed by atoms with Crippen molar-refractivity contribution in [1.29, 1.82) is 0 Å². The largest absolute Gasteiger partial charge is 0.253 e. The van der Waals surface area contributed by atoms with Gasteiger partial charge in [0.25, 0.3) is 0 Å². The third kappa shape index (κ3) is 0.739. The van der Waals surface area contributed by atoms with Gasteiger partial charge in [0.15, 0.2) is 0 Å². The Balaban J connectivity index is 2.89. The van der Waals surface area contributed by atoms with Gasteiger partial charge in [-0.3, -0.25) is 9.97 Å². The van der Waals surface area contributed by atoms with Gasteiger partial charge in [0.2, 0.25) is 0 Å². The second-order valence-electron chi connectivity index (χ2n) is 1.78. The maximum absolute atomic E-state index is 7.52. The van der Waals surface area contributed by atoms with Gasteiger partial charge in [0.05, 0.1) is 16.5 Å². The van der Waals surface area contributed by atoms with Crippen LogP contribution in [0, 0.1) is 0 Å². The second-order valence-corrected chi connectivity index (χ2v) is 1.78. The molecule has 1 aromatic carbocycles. The lowest BCUT2D eigenvalue weighted by Gasteiger charge is -1.90. The molecule has 2 rings (SSSR count). The molecule has 0 spiro atoms. The zero-order chi connectivity index (χ0) is 10.3. The summed E-state index contributed by atoms with van der Waals surface area (Å²) in [6, 6.07) is 2.95. The Labute approximate surface area is 64.2 Å². The van der Waals surface area contributed by atoms with Crippen LogP contribution in [-0.2, 0) is 0 Å². The fraction of sp³-hybridized carbons (Fsp3) is 0. The third-order valence-corrected chi connectivity index (χ3v) is 1.15. The average Bonchev–Trinajstić information content (AvgIpc) is 2.15. The molecule has 0 N–H and O–H groups in total. The molecule has 0 amide bonds. The zero-order valence-electron chi connectivity index (χ0n) is 9.05. The lowest BCUT2D eigenvalue weighted by Crippen LogP contribution is -1.78. The summed E-state index contributed by atoms with van der Waals surface area (Å²) in [5.74, 6) is 0. The minimum absolute atomic E-state index is 0.0453. The van der Waals surface area contributed by atoms with Crippen molar-refractivity contribution in [2.24, 2.45) is 0 Å². The van der Waals surface area contributed by atoms with Gasteiger partial charge in [-0.15, -0.1) is 0 Å². The molecule has 2 nitrogen and oxygen atoms in total. The van der Waals surface area contributed by atoms with Crippen LogP contribution in [-0.4, -0.2) is 9.97 Å². The van der Waals surface area contributed by atoms with Gasteiger partial charge in [-0.2, -0.15) is 0 Å². The van der Waals surface area contributed by atoms with Crippen LogP contribution in [0.25, 0.3) is 11.0 Å². The van der Waals surface area contributed by atoms with Crippen molar-refractivity contribution in [3.05, 3.63) is 36.6 Å². The molecule has 0 saturated heterocycles. The van der Waals surface area contributed by atoms with E-state index in [2.05, 4.69) is 9.97 Å². The van der Waals surface area contributed by atoms with Gasteiger partial charge in [-0.25, -0.2) is 0 Å². The molecular weight excluding hydrogens is 124 g/mol. The predicted molar refractivity (Wildman–Crippen MR) is 39.5 cm³/mol. The van der Waals surface area contributed by atoms with E-state index in [0.29, 0.717) is 5.52 Å². The molecule has 0 aliphatic carbocycles. The Kier molecular flexibility index (Phi) is 0.549. The van der Waals surface area contributed by atoms with Crippen molar-refractivity contribution in [3.8, 4) is 0 Å². The maximum atomic E-state index is 7.52. The number of hydrogen-bond donors (Lipinski definition) is 0. The fourth-order valence-corrected chi connectivity index (χ4v) is 0.715. The molecule has 0 aliphatic heterocycles. The fourth-order valence-electron chi connectivity index (χ4n) is 0.715. The Hall–Kier alpha value is -1.44. The second kappa shape index (κ2) is 2.06. The van der Waals surface area contributed by atoms with Crippen LogP contribution in [0.1, 0.15) is 5.48 Å². The van der Waals surface area contributed by atoms with E-state index < -0.39 is 0 Å². The molecule has 1 heterocycles. The third-order valence-electron chi connectivity index (χ3n) is 1.15. The maximum Gasteiger partial charge on any atom is 0.0886 e. The van der Waals surface area contributed by atoms with E-state index in [1.165, 1.54) is 12.1 Å². The van der Waals surface area contributed by atoms with Crippen LogP contribution < -0.4 is 0 Å². The molecule has 0 saturated carbocycles. The molecule has 0 radical (unpaired) electrons. The van der Waals surface area contributed by atoms with Gasteiger partial charge >= 0.3 is 0 Å². The Morgan fingerprint density at radius 3 is 2.90 bits per heavy atom. The summed E-state index contributed by atoms with van der Waals surface area (Å²) in [6.07, 6.45) is -0.480. The smallest absolute Gasteiger partial charge is 0.0886 e. The molecule has 48 valence electrons. The standard InChI is InChI=1S/C8H6N2/c1-2-4-8-7(3-1)9-5-6-10-8/h1-6H/i1D,3D,5D,6D. The van der Waals surface area contributed by atoms with Crippen LogP contribution in [0.5, 0.6) is 0 Å². The number of fused-ring (bicyclic) bond motifs is 1. The summed E-state index contributed by atoms with van der Waals surface area (Å²) < 4.78 is 29.4. The van der Waals surface area contributed by atoms with Crippen molar-refractivity contribution in [2.75, 3.05) is 0 Å². The highest BCUT2D eigenvalue weighted by molar-refractivity contribution is 5.72. The van der Waals surface area contributed by atoms with E-state index in [0.717, 1.165) is 0 Å². The highest BCUT2D eigenvalue weighted by atomic mass is 14.8. The van der Waals surface area contributed by atoms with E-state index in [1.54, 1.807) is 0 Å². The van der Waals surface area contributed by atoms with E-state index in [4.69, 9.17) is 5.48 Å². The van der Waals surface area contributed by atoms with Crippen LogP contribution in [0.4, 0.5) is 0 Å². The average molecular weight is 134 g/mol. The molecule has 10 heavy (non-hydrogen) atoms. The van der Waals surface area contributed by atoms with Gasteiger partial charge in [-0.05, 0) is 12.1 Å². The number of benzene rings is 1. The van der Waals surface area contributed by atoms with Crippen LogP contribution >= 0.6 is 0 Å². The first-order valence-electron chi connectivity index (χ1n) is 4.81. The van der Waals surface area contributed by atoms with Crippen molar-refractivity contribution < 1.29 is 5.48 Å². The number of aromatic nitrogens is 2. The highest BCUT2D eigenvalue weighted by Crippen LogP contribution is 2.04. The zero-order valence-corrected chi connectivity index (χ0v) is 5.05. The summed E-state index contributed by atoms with van der Waals surface area (Å²) in [7, 11) is 0. The van der Waals surface area contributed by atoms with Gasteiger partial charge in [0.1, 0.15) is 0 Å². The van der Waals surface area contributed by atoms with Crippen molar-refractivity contribution in [2.45, 2.75) is 0 Å². The number of nitrogens with zero attached hydrogens (tertiary/aromatic N) is 2. The molecular formula is C8H6N2. The topological polar surface area (TPSA) is 25.8 Å². The van der Waals surface area contributed by atoms with E-state index in [1.807, 2.05) is 0 Å². The van der Waals surface area contributed by atoms with Crippen molar-refractivity contribution >= 4 is 11.0 Å². The predicted octanol–water partition coefficient (Wildman–Crippen LogP) is 1.63. The lowest BCUT2D eigenvalue weighted by molar-refractivity contribution is 1.29. The first kappa shape index (κ1) is 2.66. The van der Waals surface area contributed by atoms with Crippen LogP contribution in [0.2, 0.25) is 0 Å². The summed E-state index contributed by atoms with van der Waals surface area (Å²) in [6.45, 7) is 0. The summed E-state index contributed by atoms with van der Waals surface area (Å²) in [5, 5.41) is 0. The first-order chi connectivity index (χ1) is 6.59. The summed E-state index contributed by atoms with van der Waals surface area (Å²) in [5.41, 5.74) is 0.588. The number of rotatable bonds is 0. The van der Waals surface area contributed by atoms with Gasteiger partial charge in [0, 0.05) is 12.3 Å². The number of hydrogen-bond acceptors (Lipinski definition) is 2.